The maximum atomic E-state index is 12.1. The predicted molar refractivity (Wildman–Crippen MR) is 59.5 cm³/mol. The van der Waals surface area contributed by atoms with Gasteiger partial charge in [-0.3, -0.25) is 9.36 Å². The molecule has 0 bridgehead atoms. The molecule has 0 fully saturated rings. The van der Waals surface area contributed by atoms with Crippen molar-refractivity contribution in [1.82, 2.24) is 13.7 Å². The van der Waals surface area contributed by atoms with E-state index >= 15 is 0 Å². The van der Waals surface area contributed by atoms with Crippen LogP contribution in [-0.4, -0.2) is 25.4 Å². The second-order valence-corrected chi connectivity index (χ2v) is 3.91. The third-order valence-electron chi connectivity index (χ3n) is 2.77. The van der Waals surface area contributed by atoms with E-state index < -0.39 is 11.2 Å². The highest BCUT2D eigenvalue weighted by Crippen LogP contribution is 2.00. The topological polar surface area (TPSA) is 73.0 Å². The summed E-state index contributed by atoms with van der Waals surface area (Å²) in [6, 6.07) is 0. The van der Waals surface area contributed by atoms with Crippen molar-refractivity contribution in [2.45, 2.75) is 6.54 Å². The van der Waals surface area contributed by atoms with E-state index in [4.69, 9.17) is 5.11 Å². The third kappa shape index (κ3) is 1.50. The molecule has 7 heteroatoms. The molecule has 0 aliphatic rings. The highest BCUT2D eigenvalue weighted by molar-refractivity contribution is 5.65. The molecule has 2 aromatic rings. The molecule has 92 valence electrons. The summed E-state index contributed by atoms with van der Waals surface area (Å²) in [5.41, 5.74) is 0.0583. The number of aromatic nitrogens is 4. The van der Waals surface area contributed by atoms with Crippen molar-refractivity contribution in [3.63, 3.8) is 0 Å². The predicted octanol–water partition coefficient (Wildman–Crippen LogP) is -2.34. The lowest BCUT2D eigenvalue weighted by atomic mass is 10.5. The summed E-state index contributed by atoms with van der Waals surface area (Å²) in [6.45, 7) is -0.253. The number of aryl methyl sites for hydroxylation is 3. The summed E-state index contributed by atoms with van der Waals surface area (Å²) in [6.07, 6.45) is 2.89. The fourth-order valence-electron chi connectivity index (χ4n) is 2.04. The molecular weight excluding hydrogens is 224 g/mol. The molecular formula is C10H14N4O3. The number of fused-ring (bicyclic) bond motifs is 1. The summed E-state index contributed by atoms with van der Waals surface area (Å²) in [7, 11) is 5.00. The Hall–Kier alpha value is -1.89. The Labute approximate surface area is 96.8 Å². The first-order valence-electron chi connectivity index (χ1n) is 5.17. The molecule has 17 heavy (non-hydrogen) atoms. The van der Waals surface area contributed by atoms with Crippen molar-refractivity contribution < 1.29 is 9.67 Å². The summed E-state index contributed by atoms with van der Waals surface area (Å²) in [5.74, 6) is 0. The van der Waals surface area contributed by atoms with Gasteiger partial charge in [0.2, 0.25) is 11.9 Å². The van der Waals surface area contributed by atoms with Crippen molar-refractivity contribution in [3.8, 4) is 0 Å². The minimum atomic E-state index is -0.438. The highest BCUT2D eigenvalue weighted by atomic mass is 16.3. The maximum Gasteiger partial charge on any atom is 0.321 e. The second-order valence-electron chi connectivity index (χ2n) is 3.91. The zero-order valence-electron chi connectivity index (χ0n) is 9.97. The first kappa shape index (κ1) is 11.6. The van der Waals surface area contributed by atoms with Gasteiger partial charge in [-0.25, -0.2) is 4.79 Å². The van der Waals surface area contributed by atoms with Crippen LogP contribution >= 0.6 is 0 Å². The van der Waals surface area contributed by atoms with Crippen LogP contribution in [-0.2, 0) is 27.7 Å². The zero-order valence-corrected chi connectivity index (χ0v) is 9.97. The van der Waals surface area contributed by atoms with Crippen LogP contribution in [0.2, 0.25) is 0 Å². The normalized spacial score (nSPS) is 11.3. The average Bonchev–Trinajstić information content (AvgIpc) is 2.57. The SMILES string of the molecule is Cn1[c-][n+](C)c2c(=O)n(CCO)c(=O)n(C)c21. The van der Waals surface area contributed by atoms with E-state index in [1.54, 1.807) is 30.3 Å². The molecule has 1 N–H and O–H groups in total. The number of rotatable bonds is 2. The van der Waals surface area contributed by atoms with Gasteiger partial charge in [0.15, 0.2) is 0 Å². The summed E-state index contributed by atoms with van der Waals surface area (Å²) >= 11 is 0. The zero-order chi connectivity index (χ0) is 12.7. The number of aliphatic hydroxyl groups excluding tert-OH is 1. The van der Waals surface area contributed by atoms with E-state index in [9.17, 15) is 9.59 Å². The molecule has 0 radical (unpaired) electrons. The van der Waals surface area contributed by atoms with Crippen LogP contribution in [0.5, 0.6) is 0 Å². The van der Waals surface area contributed by atoms with Gasteiger partial charge in [0, 0.05) is 7.05 Å². The van der Waals surface area contributed by atoms with Crippen LogP contribution in [0.15, 0.2) is 9.59 Å². The summed E-state index contributed by atoms with van der Waals surface area (Å²) in [5, 5.41) is 8.88. The summed E-state index contributed by atoms with van der Waals surface area (Å²) in [4.78, 5) is 24.0. The van der Waals surface area contributed by atoms with Gasteiger partial charge < -0.3 is 18.8 Å². The van der Waals surface area contributed by atoms with Crippen LogP contribution in [0, 0.1) is 6.33 Å². The lowest BCUT2D eigenvalue weighted by Crippen LogP contribution is -2.43. The Bertz CT molecular complexity index is 692. The Morgan fingerprint density at radius 1 is 1.35 bits per heavy atom. The van der Waals surface area contributed by atoms with Crippen molar-refractivity contribution in [3.05, 3.63) is 27.2 Å². The van der Waals surface area contributed by atoms with Crippen molar-refractivity contribution in [1.29, 1.82) is 0 Å². The van der Waals surface area contributed by atoms with Crippen LogP contribution in [0.25, 0.3) is 11.2 Å². The number of aliphatic hydroxyl groups is 1. The van der Waals surface area contributed by atoms with Crippen LogP contribution < -0.4 is 15.8 Å². The van der Waals surface area contributed by atoms with Crippen LogP contribution in [0.3, 0.4) is 0 Å². The maximum absolute atomic E-state index is 12.1. The third-order valence-corrected chi connectivity index (χ3v) is 2.77. The Balaban J connectivity index is 3.03. The second kappa shape index (κ2) is 3.85. The molecule has 0 aliphatic heterocycles. The number of nitrogens with zero attached hydrogens (tertiary/aromatic N) is 4. The van der Waals surface area contributed by atoms with Gasteiger partial charge in [-0.1, -0.05) is 0 Å². The van der Waals surface area contributed by atoms with Gasteiger partial charge in [-0.2, -0.15) is 0 Å². The molecule has 2 rings (SSSR count). The van der Waals surface area contributed by atoms with Gasteiger partial charge in [0.25, 0.3) is 0 Å². The molecule has 0 unspecified atom stereocenters. The van der Waals surface area contributed by atoms with E-state index in [0.717, 1.165) is 4.57 Å². The van der Waals surface area contributed by atoms with Gasteiger partial charge in [-0.05, 0) is 0 Å². The molecule has 0 saturated carbocycles. The van der Waals surface area contributed by atoms with Crippen molar-refractivity contribution >= 4 is 11.2 Å². The standard InChI is InChI=1S/C10H14N4O3/c1-11-6-12(2)8-7(11)9(16)14(4-5-15)10(17)13(8)3/h15H,4-5H2,1-3H3. The molecule has 0 amide bonds. The largest absolute Gasteiger partial charge is 0.395 e. The van der Waals surface area contributed by atoms with Crippen molar-refractivity contribution in [2.75, 3.05) is 6.61 Å². The minimum absolute atomic E-state index is 0.00363. The lowest BCUT2D eigenvalue weighted by Gasteiger charge is -2.10. The fraction of sp³-hybridized carbons (Fsp3) is 0.500. The number of hydrogen-bond donors (Lipinski definition) is 1. The van der Waals surface area contributed by atoms with E-state index in [0.29, 0.717) is 11.2 Å². The van der Waals surface area contributed by atoms with Gasteiger partial charge in [-0.15, -0.1) is 0 Å². The van der Waals surface area contributed by atoms with E-state index in [2.05, 4.69) is 6.33 Å². The Kier molecular flexibility index (Phi) is 2.62. The minimum Gasteiger partial charge on any atom is -0.395 e. The molecule has 7 nitrogen and oxygen atoms in total. The van der Waals surface area contributed by atoms with Gasteiger partial charge >= 0.3 is 5.69 Å². The first-order chi connectivity index (χ1) is 7.99. The molecule has 0 aliphatic carbocycles. The monoisotopic (exact) mass is 238 g/mol. The van der Waals surface area contributed by atoms with Crippen molar-refractivity contribution in [2.24, 2.45) is 21.1 Å². The molecule has 2 heterocycles. The van der Waals surface area contributed by atoms with Gasteiger partial charge in [0.1, 0.15) is 11.2 Å². The molecule has 0 aromatic carbocycles. The Morgan fingerprint density at radius 3 is 2.59 bits per heavy atom. The number of hydrogen-bond acceptors (Lipinski definition) is 3. The fourth-order valence-corrected chi connectivity index (χ4v) is 2.04. The quantitative estimate of drug-likeness (QED) is 0.470. The lowest BCUT2D eigenvalue weighted by molar-refractivity contribution is -0.650. The van der Waals surface area contributed by atoms with Crippen LogP contribution in [0.4, 0.5) is 0 Å². The van der Waals surface area contributed by atoms with E-state index in [1.165, 1.54) is 4.57 Å². The molecule has 2 aromatic heterocycles. The Morgan fingerprint density at radius 2 is 2.00 bits per heavy atom. The smallest absolute Gasteiger partial charge is 0.321 e. The highest BCUT2D eigenvalue weighted by Gasteiger charge is 2.13. The molecule has 0 spiro atoms. The van der Waals surface area contributed by atoms with Crippen LogP contribution in [0.1, 0.15) is 0 Å². The average molecular weight is 238 g/mol. The molecule has 0 atom stereocenters. The van der Waals surface area contributed by atoms with E-state index in [-0.39, 0.29) is 13.2 Å². The molecule has 0 saturated heterocycles. The van der Waals surface area contributed by atoms with Gasteiger partial charge in [0.05, 0.1) is 27.2 Å². The number of imidazole rings is 1. The summed E-state index contributed by atoms with van der Waals surface area (Å²) < 4.78 is 5.55. The van der Waals surface area contributed by atoms with E-state index in [1.807, 2.05) is 0 Å². The first-order valence-corrected chi connectivity index (χ1v) is 5.17.